The van der Waals surface area contributed by atoms with Crippen LogP contribution in [0.3, 0.4) is 0 Å². The summed E-state index contributed by atoms with van der Waals surface area (Å²) in [4.78, 5) is 34.0. The van der Waals surface area contributed by atoms with E-state index >= 15 is 0 Å². The van der Waals surface area contributed by atoms with E-state index in [1.165, 1.54) is 5.56 Å². The number of benzene rings is 3. The number of amides is 2. The number of ether oxygens (including phenoxy) is 1. The van der Waals surface area contributed by atoms with Crippen molar-refractivity contribution in [2.45, 2.75) is 39.8 Å². The van der Waals surface area contributed by atoms with E-state index in [0.29, 0.717) is 25.1 Å². The Hall–Kier alpha value is -4.06. The minimum absolute atomic E-state index is 0.0227. The summed E-state index contributed by atoms with van der Waals surface area (Å²) in [6.45, 7) is 6.83. The lowest BCUT2D eigenvalue weighted by Crippen LogP contribution is -2.46. The first kappa shape index (κ1) is 26.0. The molecule has 37 heavy (non-hydrogen) atoms. The Kier molecular flexibility index (Phi) is 8.29. The Bertz CT molecular complexity index is 1360. The molecule has 0 spiro atoms. The van der Waals surface area contributed by atoms with Gasteiger partial charge in [0.25, 0.3) is 5.91 Å². The molecule has 0 saturated heterocycles. The minimum atomic E-state index is -0.123. The SMILES string of the molecule is COc1ccc(CN(CCc2c[nH]c3ccccc23)C(=O)CN(C(=O)c2ccccc2C)C(C)C)cc1. The number of hydrogen-bond donors (Lipinski definition) is 1. The molecule has 0 radical (unpaired) electrons. The van der Waals surface area contributed by atoms with Gasteiger partial charge in [0.1, 0.15) is 12.3 Å². The van der Waals surface area contributed by atoms with Gasteiger partial charge in [-0.15, -0.1) is 0 Å². The fourth-order valence-corrected chi connectivity index (χ4v) is 4.54. The molecule has 4 rings (SSSR count). The van der Waals surface area contributed by atoms with E-state index < -0.39 is 0 Å². The van der Waals surface area contributed by atoms with Crippen molar-refractivity contribution in [2.75, 3.05) is 20.2 Å². The van der Waals surface area contributed by atoms with Gasteiger partial charge in [-0.1, -0.05) is 48.5 Å². The lowest BCUT2D eigenvalue weighted by molar-refractivity contribution is -0.132. The average molecular weight is 498 g/mol. The summed E-state index contributed by atoms with van der Waals surface area (Å²) >= 11 is 0. The van der Waals surface area contributed by atoms with Gasteiger partial charge in [0.05, 0.1) is 7.11 Å². The van der Waals surface area contributed by atoms with Crippen molar-refractivity contribution in [3.8, 4) is 5.75 Å². The van der Waals surface area contributed by atoms with E-state index in [-0.39, 0.29) is 24.4 Å². The number of aryl methyl sites for hydroxylation is 1. The summed E-state index contributed by atoms with van der Waals surface area (Å²) in [5, 5.41) is 1.16. The normalized spacial score (nSPS) is 11.1. The zero-order valence-corrected chi connectivity index (χ0v) is 22.0. The van der Waals surface area contributed by atoms with Gasteiger partial charge in [-0.05, 0) is 68.1 Å². The van der Waals surface area contributed by atoms with Gasteiger partial charge in [0.2, 0.25) is 5.91 Å². The minimum Gasteiger partial charge on any atom is -0.497 e. The third-order valence-corrected chi connectivity index (χ3v) is 6.78. The smallest absolute Gasteiger partial charge is 0.254 e. The highest BCUT2D eigenvalue weighted by Crippen LogP contribution is 2.20. The maximum atomic E-state index is 13.7. The number of nitrogens with one attached hydrogen (secondary N) is 1. The Balaban J connectivity index is 1.56. The van der Waals surface area contributed by atoms with Crippen LogP contribution in [0.15, 0.2) is 79.0 Å². The summed E-state index contributed by atoms with van der Waals surface area (Å²) in [5.41, 5.74) is 4.79. The van der Waals surface area contributed by atoms with E-state index in [1.807, 2.05) is 92.5 Å². The average Bonchev–Trinajstić information content (AvgIpc) is 3.32. The van der Waals surface area contributed by atoms with Crippen molar-refractivity contribution < 1.29 is 14.3 Å². The number of carbonyl (C=O) groups excluding carboxylic acids is 2. The molecule has 0 aliphatic carbocycles. The standard InChI is InChI=1S/C31H35N3O3/c1-22(2)34(31(36)27-10-6-5-9-23(27)3)21-30(35)33(20-24-13-15-26(37-4)16-14-24)18-17-25-19-32-29-12-8-7-11-28(25)29/h5-16,19,22,32H,17-18,20-21H2,1-4H3. The number of aromatic amines is 1. The van der Waals surface area contributed by atoms with Crippen molar-refractivity contribution >= 4 is 22.7 Å². The molecule has 1 N–H and O–H groups in total. The van der Waals surface area contributed by atoms with Crippen LogP contribution in [0.1, 0.15) is 40.9 Å². The summed E-state index contributed by atoms with van der Waals surface area (Å²) in [7, 11) is 1.64. The van der Waals surface area contributed by atoms with E-state index in [1.54, 1.807) is 12.0 Å². The van der Waals surface area contributed by atoms with Gasteiger partial charge in [0.15, 0.2) is 0 Å². The van der Waals surface area contributed by atoms with Crippen LogP contribution in [0.4, 0.5) is 0 Å². The zero-order chi connectivity index (χ0) is 26.4. The summed E-state index contributed by atoms with van der Waals surface area (Å²) in [5.74, 6) is 0.573. The molecule has 6 nitrogen and oxygen atoms in total. The number of rotatable bonds is 10. The van der Waals surface area contributed by atoms with Crippen molar-refractivity contribution in [3.63, 3.8) is 0 Å². The Labute approximate surface area is 218 Å². The van der Waals surface area contributed by atoms with Crippen molar-refractivity contribution in [1.29, 1.82) is 0 Å². The summed E-state index contributed by atoms with van der Waals surface area (Å²) in [6, 6.07) is 23.3. The van der Waals surface area contributed by atoms with Crippen LogP contribution in [0.25, 0.3) is 10.9 Å². The number of nitrogens with zero attached hydrogens (tertiary/aromatic N) is 2. The highest BCUT2D eigenvalue weighted by Gasteiger charge is 2.25. The highest BCUT2D eigenvalue weighted by molar-refractivity contribution is 5.98. The fourth-order valence-electron chi connectivity index (χ4n) is 4.54. The van der Waals surface area contributed by atoms with E-state index in [9.17, 15) is 9.59 Å². The van der Waals surface area contributed by atoms with E-state index in [2.05, 4.69) is 17.1 Å². The molecule has 1 aromatic heterocycles. The number of aromatic nitrogens is 1. The predicted octanol–water partition coefficient (Wildman–Crippen LogP) is 5.61. The second kappa shape index (κ2) is 11.8. The Morgan fingerprint density at radius 3 is 2.35 bits per heavy atom. The maximum Gasteiger partial charge on any atom is 0.254 e. The van der Waals surface area contributed by atoms with Crippen molar-refractivity contribution in [1.82, 2.24) is 14.8 Å². The molecule has 1 heterocycles. The van der Waals surface area contributed by atoms with Crippen LogP contribution in [0, 0.1) is 6.92 Å². The van der Waals surface area contributed by atoms with Crippen LogP contribution in [-0.4, -0.2) is 52.8 Å². The van der Waals surface area contributed by atoms with Gasteiger partial charge in [-0.3, -0.25) is 9.59 Å². The molecule has 0 unspecified atom stereocenters. The Morgan fingerprint density at radius 1 is 0.946 bits per heavy atom. The molecule has 0 fully saturated rings. The first-order valence-corrected chi connectivity index (χ1v) is 12.7. The lowest BCUT2D eigenvalue weighted by atomic mass is 10.1. The summed E-state index contributed by atoms with van der Waals surface area (Å²) in [6.07, 6.45) is 2.72. The number of fused-ring (bicyclic) bond motifs is 1. The van der Waals surface area contributed by atoms with Crippen LogP contribution < -0.4 is 4.74 Å². The van der Waals surface area contributed by atoms with Crippen LogP contribution in [-0.2, 0) is 17.8 Å². The number of H-pyrrole nitrogens is 1. The molecular formula is C31H35N3O3. The van der Waals surface area contributed by atoms with Crippen molar-refractivity contribution in [3.05, 3.63) is 101 Å². The molecule has 0 saturated carbocycles. The van der Waals surface area contributed by atoms with Gasteiger partial charge in [-0.2, -0.15) is 0 Å². The Morgan fingerprint density at radius 2 is 1.65 bits per heavy atom. The molecule has 192 valence electrons. The van der Waals surface area contributed by atoms with Crippen LogP contribution in [0.2, 0.25) is 0 Å². The molecule has 0 bridgehead atoms. The van der Waals surface area contributed by atoms with Gasteiger partial charge in [-0.25, -0.2) is 0 Å². The molecule has 2 amide bonds. The third kappa shape index (κ3) is 6.20. The zero-order valence-electron chi connectivity index (χ0n) is 22.0. The van der Waals surface area contributed by atoms with Gasteiger partial charge in [0, 0.05) is 41.8 Å². The monoisotopic (exact) mass is 497 g/mol. The van der Waals surface area contributed by atoms with E-state index in [0.717, 1.165) is 27.8 Å². The maximum absolute atomic E-state index is 13.7. The van der Waals surface area contributed by atoms with Crippen LogP contribution >= 0.6 is 0 Å². The van der Waals surface area contributed by atoms with Gasteiger partial charge < -0.3 is 19.5 Å². The molecule has 6 heteroatoms. The number of methoxy groups -OCH3 is 1. The molecular weight excluding hydrogens is 462 g/mol. The molecule has 0 aliphatic heterocycles. The first-order chi connectivity index (χ1) is 17.9. The highest BCUT2D eigenvalue weighted by atomic mass is 16.5. The molecule has 3 aromatic carbocycles. The summed E-state index contributed by atoms with van der Waals surface area (Å²) < 4.78 is 5.29. The topological polar surface area (TPSA) is 65.6 Å². The first-order valence-electron chi connectivity index (χ1n) is 12.7. The quantitative estimate of drug-likeness (QED) is 0.310. The molecule has 0 atom stereocenters. The number of para-hydroxylation sites is 1. The van der Waals surface area contributed by atoms with Gasteiger partial charge >= 0.3 is 0 Å². The fraction of sp³-hybridized carbons (Fsp3) is 0.290. The van der Waals surface area contributed by atoms with Crippen molar-refractivity contribution in [2.24, 2.45) is 0 Å². The largest absolute Gasteiger partial charge is 0.497 e. The molecule has 4 aromatic rings. The second-order valence-electron chi connectivity index (χ2n) is 9.61. The lowest BCUT2D eigenvalue weighted by Gasteiger charge is -2.30. The number of carbonyl (C=O) groups is 2. The third-order valence-electron chi connectivity index (χ3n) is 6.78. The molecule has 0 aliphatic rings. The van der Waals surface area contributed by atoms with E-state index in [4.69, 9.17) is 4.74 Å². The second-order valence-corrected chi connectivity index (χ2v) is 9.61. The van der Waals surface area contributed by atoms with Crippen LogP contribution in [0.5, 0.6) is 5.75 Å². The number of hydrogen-bond acceptors (Lipinski definition) is 3. The predicted molar refractivity (Wildman–Crippen MR) is 148 cm³/mol.